The van der Waals surface area contributed by atoms with E-state index in [4.69, 9.17) is 26.1 Å². The molecule has 0 spiro atoms. The number of halogens is 1. The van der Waals surface area contributed by atoms with Crippen LogP contribution in [0, 0.1) is 0 Å². The Morgan fingerprint density at radius 3 is 2.71 bits per heavy atom. The maximum atomic E-state index is 6.15. The fraction of sp³-hybridized carbons (Fsp3) is 0.533. The molecule has 5 nitrogen and oxygen atoms in total. The van der Waals surface area contributed by atoms with E-state index in [-0.39, 0.29) is 0 Å². The highest BCUT2D eigenvalue weighted by Crippen LogP contribution is 2.23. The molecule has 2 heterocycles. The second-order valence-corrected chi connectivity index (χ2v) is 5.04. The summed E-state index contributed by atoms with van der Waals surface area (Å²) in [5.41, 5.74) is 1.93. The van der Waals surface area contributed by atoms with Crippen molar-refractivity contribution in [3.05, 3.63) is 30.1 Å². The van der Waals surface area contributed by atoms with Crippen LogP contribution >= 0.6 is 11.6 Å². The van der Waals surface area contributed by atoms with Crippen molar-refractivity contribution in [2.24, 2.45) is 0 Å². The van der Waals surface area contributed by atoms with Crippen molar-refractivity contribution in [3.63, 3.8) is 0 Å². The van der Waals surface area contributed by atoms with Gasteiger partial charge in [0.15, 0.2) is 5.82 Å². The lowest BCUT2D eigenvalue weighted by atomic mass is 10.3. The number of nitrogens with zero attached hydrogens (tertiary/aromatic N) is 3. The predicted molar refractivity (Wildman–Crippen MR) is 85.3 cm³/mol. The molecule has 0 aliphatic carbocycles. The lowest BCUT2D eigenvalue weighted by Crippen LogP contribution is -2.30. The monoisotopic (exact) mass is 311 g/mol. The zero-order valence-electron chi connectivity index (χ0n) is 12.6. The number of rotatable bonds is 9. The van der Waals surface area contributed by atoms with Crippen LogP contribution in [0.4, 0.5) is 5.82 Å². The second kappa shape index (κ2) is 8.22. The number of hydrogen-bond donors (Lipinski definition) is 0. The van der Waals surface area contributed by atoms with Gasteiger partial charge in [-0.15, -0.1) is 11.6 Å². The quantitative estimate of drug-likeness (QED) is 0.527. The molecule has 6 heteroatoms. The summed E-state index contributed by atoms with van der Waals surface area (Å²) in [6.45, 7) is 3.04. The Labute approximate surface area is 130 Å². The van der Waals surface area contributed by atoms with Gasteiger partial charge in [0.2, 0.25) is 0 Å². The SMILES string of the molecule is COCCCN(CCOC)c1nc2ccccn2c1CCl. The van der Waals surface area contributed by atoms with E-state index in [1.165, 1.54) is 0 Å². The zero-order chi connectivity index (χ0) is 15.1. The first kappa shape index (κ1) is 16.1. The molecule has 0 bridgehead atoms. The van der Waals surface area contributed by atoms with Gasteiger partial charge in [-0.05, 0) is 18.6 Å². The summed E-state index contributed by atoms with van der Waals surface area (Å²) < 4.78 is 12.4. The number of alkyl halides is 1. The fourth-order valence-electron chi connectivity index (χ4n) is 2.34. The normalized spacial score (nSPS) is 11.2. The summed E-state index contributed by atoms with van der Waals surface area (Å²) >= 11 is 6.15. The molecule has 0 aliphatic heterocycles. The molecule has 0 aliphatic rings. The van der Waals surface area contributed by atoms with Crippen molar-refractivity contribution < 1.29 is 9.47 Å². The molecule has 116 valence electrons. The molecule has 0 fully saturated rings. The van der Waals surface area contributed by atoms with E-state index in [0.717, 1.165) is 43.3 Å². The predicted octanol–water partition coefficient (Wildman–Crippen LogP) is 2.56. The van der Waals surface area contributed by atoms with Crippen LogP contribution in [-0.2, 0) is 15.4 Å². The van der Waals surface area contributed by atoms with Crippen LogP contribution in [0.3, 0.4) is 0 Å². The minimum atomic E-state index is 0.425. The fourth-order valence-corrected chi connectivity index (χ4v) is 2.58. The Kier molecular flexibility index (Phi) is 6.29. The van der Waals surface area contributed by atoms with Gasteiger partial charge in [0.05, 0.1) is 18.2 Å². The number of ether oxygens (including phenoxy) is 2. The molecular formula is C15H22ClN3O2. The minimum Gasteiger partial charge on any atom is -0.385 e. The second-order valence-electron chi connectivity index (χ2n) is 4.77. The van der Waals surface area contributed by atoms with Crippen molar-refractivity contribution in [1.82, 2.24) is 9.38 Å². The molecule has 0 saturated heterocycles. The molecule has 0 unspecified atom stereocenters. The number of anilines is 1. The van der Waals surface area contributed by atoms with Gasteiger partial charge in [0, 0.05) is 40.1 Å². The Balaban J connectivity index is 2.28. The first-order chi connectivity index (χ1) is 10.3. The van der Waals surface area contributed by atoms with E-state index in [1.54, 1.807) is 14.2 Å². The molecule has 21 heavy (non-hydrogen) atoms. The van der Waals surface area contributed by atoms with E-state index in [1.807, 2.05) is 28.8 Å². The third-order valence-corrected chi connectivity index (χ3v) is 3.63. The average Bonchev–Trinajstić information content (AvgIpc) is 2.89. The maximum Gasteiger partial charge on any atom is 0.152 e. The highest BCUT2D eigenvalue weighted by molar-refractivity contribution is 6.17. The number of hydrogen-bond acceptors (Lipinski definition) is 4. The maximum absolute atomic E-state index is 6.15. The van der Waals surface area contributed by atoms with Crippen LogP contribution in [0.2, 0.25) is 0 Å². The van der Waals surface area contributed by atoms with Gasteiger partial charge in [0.1, 0.15) is 5.65 Å². The summed E-state index contributed by atoms with van der Waals surface area (Å²) in [7, 11) is 3.42. The van der Waals surface area contributed by atoms with Crippen molar-refractivity contribution in [2.75, 3.05) is 45.4 Å². The molecule has 0 aromatic carbocycles. The van der Waals surface area contributed by atoms with Gasteiger partial charge >= 0.3 is 0 Å². The summed E-state index contributed by atoms with van der Waals surface area (Å²) in [4.78, 5) is 6.94. The van der Waals surface area contributed by atoms with Crippen molar-refractivity contribution >= 4 is 23.1 Å². The lowest BCUT2D eigenvalue weighted by molar-refractivity contribution is 0.191. The van der Waals surface area contributed by atoms with Gasteiger partial charge in [-0.1, -0.05) is 6.07 Å². The number of methoxy groups -OCH3 is 2. The molecule has 0 N–H and O–H groups in total. The summed E-state index contributed by atoms with van der Waals surface area (Å²) in [6.07, 6.45) is 2.93. The minimum absolute atomic E-state index is 0.425. The summed E-state index contributed by atoms with van der Waals surface area (Å²) in [6, 6.07) is 5.96. The molecule has 2 aromatic rings. The topological polar surface area (TPSA) is 39.0 Å². The van der Waals surface area contributed by atoms with Crippen LogP contribution in [0.15, 0.2) is 24.4 Å². The third-order valence-electron chi connectivity index (χ3n) is 3.38. The zero-order valence-corrected chi connectivity index (χ0v) is 13.3. The first-order valence-corrected chi connectivity index (χ1v) is 7.60. The van der Waals surface area contributed by atoms with Crippen LogP contribution in [0.25, 0.3) is 5.65 Å². The van der Waals surface area contributed by atoms with Crippen molar-refractivity contribution in [1.29, 1.82) is 0 Å². The van der Waals surface area contributed by atoms with Gasteiger partial charge < -0.3 is 18.8 Å². The molecular weight excluding hydrogens is 290 g/mol. The van der Waals surface area contributed by atoms with Gasteiger partial charge in [-0.2, -0.15) is 0 Å². The van der Waals surface area contributed by atoms with Gasteiger partial charge in [0.25, 0.3) is 0 Å². The molecule has 2 aromatic heterocycles. The van der Waals surface area contributed by atoms with E-state index in [9.17, 15) is 0 Å². The Morgan fingerprint density at radius 1 is 1.19 bits per heavy atom. The van der Waals surface area contributed by atoms with Gasteiger partial charge in [-0.3, -0.25) is 0 Å². The number of fused-ring (bicyclic) bond motifs is 1. The number of pyridine rings is 1. The first-order valence-electron chi connectivity index (χ1n) is 7.06. The molecule has 0 saturated carbocycles. The van der Waals surface area contributed by atoms with Crippen LogP contribution in [0.5, 0.6) is 0 Å². The van der Waals surface area contributed by atoms with Crippen molar-refractivity contribution in [3.8, 4) is 0 Å². The highest BCUT2D eigenvalue weighted by atomic mass is 35.5. The molecule has 0 radical (unpaired) electrons. The summed E-state index contributed by atoms with van der Waals surface area (Å²) in [5, 5.41) is 0. The standard InChI is InChI=1S/C15H22ClN3O2/c1-20-10-5-7-18(9-11-21-2)15-13(12-16)19-8-4-3-6-14(19)17-15/h3-4,6,8H,5,7,9-12H2,1-2H3. The number of imidazole rings is 1. The lowest BCUT2D eigenvalue weighted by Gasteiger charge is -2.23. The van der Waals surface area contributed by atoms with E-state index >= 15 is 0 Å². The van der Waals surface area contributed by atoms with E-state index in [2.05, 4.69) is 4.90 Å². The van der Waals surface area contributed by atoms with Crippen molar-refractivity contribution in [2.45, 2.75) is 12.3 Å². The highest BCUT2D eigenvalue weighted by Gasteiger charge is 2.17. The van der Waals surface area contributed by atoms with E-state index in [0.29, 0.717) is 12.5 Å². The third kappa shape index (κ3) is 3.87. The smallest absolute Gasteiger partial charge is 0.152 e. The largest absolute Gasteiger partial charge is 0.385 e. The van der Waals surface area contributed by atoms with E-state index < -0.39 is 0 Å². The molecule has 0 amide bonds. The van der Waals surface area contributed by atoms with Crippen LogP contribution < -0.4 is 4.90 Å². The molecule has 2 rings (SSSR count). The number of aromatic nitrogens is 2. The van der Waals surface area contributed by atoms with Gasteiger partial charge in [-0.25, -0.2) is 4.98 Å². The molecule has 0 atom stereocenters. The average molecular weight is 312 g/mol. The Hall–Kier alpha value is -1.30. The summed E-state index contributed by atoms with van der Waals surface area (Å²) in [5.74, 6) is 1.36. The van der Waals surface area contributed by atoms with Crippen LogP contribution in [0.1, 0.15) is 12.1 Å². The Bertz CT molecular complexity index is 559. The van der Waals surface area contributed by atoms with Crippen LogP contribution in [-0.4, -0.2) is 49.9 Å². The Morgan fingerprint density at radius 2 is 2.00 bits per heavy atom.